The van der Waals surface area contributed by atoms with Crippen molar-refractivity contribution in [3.05, 3.63) is 59.7 Å². The molecule has 0 aromatic heterocycles. The molecule has 0 saturated carbocycles. The Morgan fingerprint density at radius 2 is 0.833 bits per heavy atom. The lowest BCUT2D eigenvalue weighted by Crippen LogP contribution is -1.92. The molecule has 0 atom stereocenters. The molecular formula is C16H14S2. The molecule has 3 rings (SSSR count). The molecule has 0 fully saturated rings. The van der Waals surface area contributed by atoms with Crippen LogP contribution in [0.2, 0.25) is 0 Å². The molecule has 0 amide bonds. The fraction of sp³-hybridized carbons (Fsp3) is 0.125. The minimum Gasteiger partial charge on any atom is -0.175 e. The third kappa shape index (κ3) is 1.72. The van der Waals surface area contributed by atoms with E-state index in [0.29, 0.717) is 0 Å². The normalized spacial score (nSPS) is 11.2. The SMILES string of the molecule is SCc1c2ccccc2c(CS)c2ccccc12. The topological polar surface area (TPSA) is 0 Å². The molecule has 0 nitrogen and oxygen atoms in total. The second-order valence-electron chi connectivity index (χ2n) is 4.36. The van der Waals surface area contributed by atoms with Crippen LogP contribution in [0.3, 0.4) is 0 Å². The fourth-order valence-electron chi connectivity index (χ4n) is 2.65. The van der Waals surface area contributed by atoms with Crippen LogP contribution in [0.25, 0.3) is 21.5 Å². The van der Waals surface area contributed by atoms with E-state index in [9.17, 15) is 0 Å². The predicted octanol–water partition coefficient (Wildman–Crippen LogP) is 4.85. The van der Waals surface area contributed by atoms with Gasteiger partial charge in [0.05, 0.1) is 0 Å². The molecule has 0 spiro atoms. The summed E-state index contributed by atoms with van der Waals surface area (Å²) in [5.41, 5.74) is 2.63. The van der Waals surface area contributed by atoms with Gasteiger partial charge in [0, 0.05) is 11.5 Å². The van der Waals surface area contributed by atoms with Crippen LogP contribution in [0, 0.1) is 0 Å². The van der Waals surface area contributed by atoms with E-state index in [4.69, 9.17) is 0 Å². The van der Waals surface area contributed by atoms with Crippen molar-refractivity contribution in [1.29, 1.82) is 0 Å². The second kappa shape index (κ2) is 4.87. The molecule has 0 heterocycles. The molecule has 0 unspecified atom stereocenters. The van der Waals surface area contributed by atoms with Crippen LogP contribution in [0.5, 0.6) is 0 Å². The average molecular weight is 270 g/mol. The maximum absolute atomic E-state index is 4.51. The first kappa shape index (κ1) is 11.9. The van der Waals surface area contributed by atoms with Gasteiger partial charge in [-0.15, -0.1) is 0 Å². The minimum atomic E-state index is 0.758. The molecule has 0 aliphatic carbocycles. The van der Waals surface area contributed by atoms with Crippen molar-refractivity contribution in [3.8, 4) is 0 Å². The van der Waals surface area contributed by atoms with Gasteiger partial charge in [-0.3, -0.25) is 0 Å². The Kier molecular flexibility index (Phi) is 3.23. The molecular weight excluding hydrogens is 256 g/mol. The number of benzene rings is 3. The Labute approximate surface area is 118 Å². The average Bonchev–Trinajstić information content (AvgIpc) is 2.44. The standard InChI is InChI=1S/C16H14S2/c17-9-15-11-5-1-2-6-12(11)16(10-18)14-8-4-3-7-13(14)15/h1-8,17-18H,9-10H2. The lowest BCUT2D eigenvalue weighted by molar-refractivity contribution is 1.47. The highest BCUT2D eigenvalue weighted by Gasteiger charge is 2.10. The molecule has 0 N–H and O–H groups in total. The summed E-state index contributed by atoms with van der Waals surface area (Å²) in [5, 5.41) is 5.20. The van der Waals surface area contributed by atoms with Gasteiger partial charge in [-0.1, -0.05) is 48.5 Å². The number of hydrogen-bond acceptors (Lipinski definition) is 2. The summed E-state index contributed by atoms with van der Waals surface area (Å²) in [6.07, 6.45) is 0. The molecule has 90 valence electrons. The Hall–Kier alpha value is -1.12. The summed E-state index contributed by atoms with van der Waals surface area (Å²) < 4.78 is 0. The highest BCUT2D eigenvalue weighted by atomic mass is 32.1. The van der Waals surface area contributed by atoms with Gasteiger partial charge < -0.3 is 0 Å². The molecule has 2 heteroatoms. The van der Waals surface area contributed by atoms with E-state index in [2.05, 4.69) is 73.8 Å². The van der Waals surface area contributed by atoms with Crippen LogP contribution < -0.4 is 0 Å². The zero-order valence-corrected chi connectivity index (χ0v) is 11.7. The van der Waals surface area contributed by atoms with E-state index in [1.807, 2.05) is 0 Å². The lowest BCUT2D eigenvalue weighted by Gasteiger charge is -2.14. The Balaban J connectivity index is 2.61. The van der Waals surface area contributed by atoms with Crippen LogP contribution in [0.1, 0.15) is 11.1 Å². The molecule has 0 radical (unpaired) electrons. The maximum atomic E-state index is 4.51. The quantitative estimate of drug-likeness (QED) is 0.482. The molecule has 0 saturated heterocycles. The molecule has 3 aromatic carbocycles. The number of rotatable bonds is 2. The van der Waals surface area contributed by atoms with Gasteiger partial charge in [0.15, 0.2) is 0 Å². The van der Waals surface area contributed by atoms with Crippen molar-refractivity contribution in [2.75, 3.05) is 0 Å². The van der Waals surface area contributed by atoms with E-state index in [-0.39, 0.29) is 0 Å². The second-order valence-corrected chi connectivity index (χ2v) is 5.00. The van der Waals surface area contributed by atoms with Crippen LogP contribution in [0.15, 0.2) is 48.5 Å². The monoisotopic (exact) mass is 270 g/mol. The first-order chi connectivity index (χ1) is 8.86. The molecule has 0 aliphatic heterocycles. The van der Waals surface area contributed by atoms with E-state index in [1.54, 1.807) is 0 Å². The van der Waals surface area contributed by atoms with Gasteiger partial charge in [-0.05, 0) is 32.7 Å². The maximum Gasteiger partial charge on any atom is 0.0166 e. The Bertz CT molecular complexity index is 598. The van der Waals surface area contributed by atoms with Gasteiger partial charge in [-0.25, -0.2) is 0 Å². The third-order valence-electron chi connectivity index (χ3n) is 3.47. The largest absolute Gasteiger partial charge is 0.175 e. The van der Waals surface area contributed by atoms with E-state index < -0.39 is 0 Å². The summed E-state index contributed by atoms with van der Waals surface area (Å²) >= 11 is 9.01. The summed E-state index contributed by atoms with van der Waals surface area (Å²) in [4.78, 5) is 0. The molecule has 18 heavy (non-hydrogen) atoms. The molecule has 0 bridgehead atoms. The van der Waals surface area contributed by atoms with E-state index in [0.717, 1.165) is 11.5 Å². The Morgan fingerprint density at radius 3 is 1.06 bits per heavy atom. The van der Waals surface area contributed by atoms with E-state index in [1.165, 1.54) is 32.7 Å². The summed E-state index contributed by atoms with van der Waals surface area (Å²) in [6.45, 7) is 0. The molecule has 0 aliphatic rings. The van der Waals surface area contributed by atoms with Gasteiger partial charge in [0.2, 0.25) is 0 Å². The summed E-state index contributed by atoms with van der Waals surface area (Å²) in [6, 6.07) is 17.1. The van der Waals surface area contributed by atoms with Crippen molar-refractivity contribution < 1.29 is 0 Å². The minimum absolute atomic E-state index is 0.758. The van der Waals surface area contributed by atoms with Crippen LogP contribution in [-0.4, -0.2) is 0 Å². The highest BCUT2D eigenvalue weighted by Crippen LogP contribution is 2.34. The zero-order valence-electron chi connectivity index (χ0n) is 9.93. The third-order valence-corrected chi connectivity index (χ3v) is 4.10. The Morgan fingerprint density at radius 1 is 0.556 bits per heavy atom. The lowest BCUT2D eigenvalue weighted by atomic mass is 9.93. The van der Waals surface area contributed by atoms with Crippen molar-refractivity contribution >= 4 is 46.8 Å². The number of fused-ring (bicyclic) bond motifs is 2. The van der Waals surface area contributed by atoms with Crippen molar-refractivity contribution in [2.45, 2.75) is 11.5 Å². The first-order valence-electron chi connectivity index (χ1n) is 5.99. The summed E-state index contributed by atoms with van der Waals surface area (Å²) in [5.74, 6) is 1.52. The summed E-state index contributed by atoms with van der Waals surface area (Å²) in [7, 11) is 0. The fourth-order valence-corrected chi connectivity index (χ4v) is 3.33. The zero-order chi connectivity index (χ0) is 12.5. The smallest absolute Gasteiger partial charge is 0.0166 e. The van der Waals surface area contributed by atoms with Gasteiger partial charge in [-0.2, -0.15) is 25.3 Å². The van der Waals surface area contributed by atoms with Crippen molar-refractivity contribution in [1.82, 2.24) is 0 Å². The number of thiol groups is 2. The van der Waals surface area contributed by atoms with Gasteiger partial charge in [0.1, 0.15) is 0 Å². The van der Waals surface area contributed by atoms with Crippen molar-refractivity contribution in [2.24, 2.45) is 0 Å². The van der Waals surface area contributed by atoms with Crippen LogP contribution in [0.4, 0.5) is 0 Å². The van der Waals surface area contributed by atoms with E-state index >= 15 is 0 Å². The first-order valence-corrected chi connectivity index (χ1v) is 7.26. The van der Waals surface area contributed by atoms with Gasteiger partial charge >= 0.3 is 0 Å². The van der Waals surface area contributed by atoms with Crippen molar-refractivity contribution in [3.63, 3.8) is 0 Å². The highest BCUT2D eigenvalue weighted by molar-refractivity contribution is 7.79. The van der Waals surface area contributed by atoms with Gasteiger partial charge in [0.25, 0.3) is 0 Å². The van der Waals surface area contributed by atoms with Crippen LogP contribution >= 0.6 is 25.3 Å². The van der Waals surface area contributed by atoms with Crippen LogP contribution in [-0.2, 0) is 11.5 Å². The number of hydrogen-bond donors (Lipinski definition) is 2. The molecule has 3 aromatic rings. The predicted molar refractivity (Wildman–Crippen MR) is 86.8 cm³/mol.